The second-order valence-corrected chi connectivity index (χ2v) is 8.93. The fourth-order valence-corrected chi connectivity index (χ4v) is 4.12. The number of halogens is 3. The van der Waals surface area contributed by atoms with Crippen LogP contribution in [-0.2, 0) is 16.9 Å². The minimum Gasteiger partial charge on any atom is -0.397 e. The van der Waals surface area contributed by atoms with Crippen LogP contribution < -0.4 is 16.1 Å². The number of aromatic amines is 1. The van der Waals surface area contributed by atoms with Gasteiger partial charge in [-0.25, -0.2) is 4.98 Å². The van der Waals surface area contributed by atoms with E-state index in [2.05, 4.69) is 25.6 Å². The summed E-state index contributed by atoms with van der Waals surface area (Å²) in [4.78, 5) is 23.6. The molecule has 0 aliphatic carbocycles. The predicted octanol–water partition coefficient (Wildman–Crippen LogP) is 6.26. The van der Waals surface area contributed by atoms with Crippen LogP contribution in [0.25, 0.3) is 10.9 Å². The lowest BCUT2D eigenvalue weighted by atomic mass is 10.1. The van der Waals surface area contributed by atoms with Crippen molar-refractivity contribution >= 4 is 42.9 Å². The zero-order chi connectivity index (χ0) is 27.7. The molecule has 2 aromatic carbocycles. The summed E-state index contributed by atoms with van der Waals surface area (Å²) in [6.45, 7) is 6.16. The van der Waals surface area contributed by atoms with Crippen LogP contribution in [0.5, 0.6) is 0 Å². The molecule has 0 aliphatic rings. The Morgan fingerprint density at radius 1 is 1.11 bits per heavy atom. The normalized spacial score (nSPS) is 11.4. The maximum atomic E-state index is 13.7. The molecule has 2 aromatic heterocycles. The first-order valence-corrected chi connectivity index (χ1v) is 12.9. The second-order valence-electron chi connectivity index (χ2n) is 8.00. The van der Waals surface area contributed by atoms with E-state index in [9.17, 15) is 18.0 Å². The molecule has 202 valence electrons. The Bertz CT molecular complexity index is 1410. The van der Waals surface area contributed by atoms with Crippen LogP contribution >= 0.6 is 8.81 Å². The SMILES string of the molecule is CCO.CCOPCc1ccc(Nc2ncc(C(F)(F)F)c(Nc3cccc4[nH]cc(C)c(=O)c34)n2)cc1. The highest BCUT2D eigenvalue weighted by Crippen LogP contribution is 2.36. The zero-order valence-electron chi connectivity index (χ0n) is 21.1. The lowest BCUT2D eigenvalue weighted by molar-refractivity contribution is -0.137. The molecule has 4 N–H and O–H groups in total. The van der Waals surface area contributed by atoms with Crippen molar-refractivity contribution in [3.05, 3.63) is 81.8 Å². The summed E-state index contributed by atoms with van der Waals surface area (Å²) < 4.78 is 46.5. The molecule has 0 bridgehead atoms. The fraction of sp³-hybridized carbons (Fsp3) is 0.269. The second kappa shape index (κ2) is 13.3. The number of aliphatic hydroxyl groups is 1. The molecule has 0 aliphatic heterocycles. The molecule has 2 heterocycles. The number of fused-ring (bicyclic) bond motifs is 1. The number of nitrogens with zero attached hydrogens (tertiary/aromatic N) is 2. The third-order valence-corrected chi connectivity index (χ3v) is 6.22. The van der Waals surface area contributed by atoms with Gasteiger partial charge in [-0.3, -0.25) is 4.79 Å². The summed E-state index contributed by atoms with van der Waals surface area (Å²) in [5, 5.41) is 13.5. The summed E-state index contributed by atoms with van der Waals surface area (Å²) in [6, 6.07) is 12.3. The number of aryl methyl sites for hydroxylation is 1. The average molecular weight is 548 g/mol. The molecule has 8 nitrogen and oxygen atoms in total. The third kappa shape index (κ3) is 7.50. The molecule has 0 fully saturated rings. The number of benzene rings is 2. The lowest BCUT2D eigenvalue weighted by Crippen LogP contribution is -2.14. The van der Waals surface area contributed by atoms with Crippen LogP contribution in [-0.4, -0.2) is 33.3 Å². The molecule has 0 spiro atoms. The average Bonchev–Trinajstić information content (AvgIpc) is 2.87. The van der Waals surface area contributed by atoms with Gasteiger partial charge in [-0.2, -0.15) is 18.2 Å². The number of rotatable bonds is 8. The van der Waals surface area contributed by atoms with Gasteiger partial charge < -0.3 is 25.2 Å². The third-order valence-electron chi connectivity index (χ3n) is 5.17. The number of nitrogens with one attached hydrogen (secondary N) is 3. The Hall–Kier alpha value is -3.53. The van der Waals surface area contributed by atoms with E-state index in [-0.39, 0.29) is 29.1 Å². The zero-order valence-corrected chi connectivity index (χ0v) is 22.1. The highest BCUT2D eigenvalue weighted by molar-refractivity contribution is 7.31. The number of H-pyrrole nitrogens is 1. The van der Waals surface area contributed by atoms with Crippen LogP contribution in [0.15, 0.2) is 59.7 Å². The molecule has 1 unspecified atom stereocenters. The summed E-state index contributed by atoms with van der Waals surface area (Å²) in [7, 11) is 0.364. The molecule has 4 rings (SSSR count). The minimum absolute atomic E-state index is 0.0187. The predicted molar refractivity (Wildman–Crippen MR) is 146 cm³/mol. The van der Waals surface area contributed by atoms with Gasteiger partial charge in [0.05, 0.1) is 16.6 Å². The van der Waals surface area contributed by atoms with Crippen molar-refractivity contribution in [2.24, 2.45) is 0 Å². The van der Waals surface area contributed by atoms with Gasteiger partial charge >= 0.3 is 6.18 Å². The Morgan fingerprint density at radius 3 is 2.47 bits per heavy atom. The number of anilines is 4. The van der Waals surface area contributed by atoms with Gasteiger partial charge in [0.15, 0.2) is 5.43 Å². The molecule has 12 heteroatoms. The Kier molecular flexibility index (Phi) is 10.2. The van der Waals surface area contributed by atoms with E-state index in [4.69, 9.17) is 9.63 Å². The quantitative estimate of drug-likeness (QED) is 0.152. The summed E-state index contributed by atoms with van der Waals surface area (Å²) in [5.41, 5.74) is 1.52. The monoisotopic (exact) mass is 547 g/mol. The first-order valence-electron chi connectivity index (χ1n) is 11.8. The lowest BCUT2D eigenvalue weighted by Gasteiger charge is -2.16. The van der Waals surface area contributed by atoms with Crippen molar-refractivity contribution in [1.82, 2.24) is 15.0 Å². The van der Waals surface area contributed by atoms with Gasteiger partial charge in [-0.1, -0.05) is 18.2 Å². The number of hydrogen-bond donors (Lipinski definition) is 4. The minimum atomic E-state index is -4.70. The van der Waals surface area contributed by atoms with Crippen molar-refractivity contribution in [3.8, 4) is 0 Å². The largest absolute Gasteiger partial charge is 0.421 e. The summed E-state index contributed by atoms with van der Waals surface area (Å²) >= 11 is 0. The van der Waals surface area contributed by atoms with Gasteiger partial charge in [-0.15, -0.1) is 0 Å². The standard InChI is InChI=1S/C24H23F3N5O2P.C2H6O/c1-3-34-35-13-15-7-9-16(10-8-15)30-23-29-12-17(24(25,26)27)22(32-23)31-19-6-4-5-18-20(19)21(33)14(2)11-28-18;1-2-3/h4-12,35H,3,13H2,1-2H3,(H,28,33)(H2,29,30,31,32);3H,2H2,1H3. The van der Waals surface area contributed by atoms with Crippen molar-refractivity contribution in [2.75, 3.05) is 23.8 Å². The molecule has 0 amide bonds. The van der Waals surface area contributed by atoms with Crippen LogP contribution in [0.1, 0.15) is 30.5 Å². The number of alkyl halides is 3. The molecule has 38 heavy (non-hydrogen) atoms. The maximum Gasteiger partial charge on any atom is 0.421 e. The number of pyridine rings is 1. The van der Waals surface area contributed by atoms with Crippen molar-refractivity contribution in [1.29, 1.82) is 0 Å². The number of hydrogen-bond acceptors (Lipinski definition) is 7. The Balaban J connectivity index is 0.00000127. The van der Waals surface area contributed by atoms with E-state index in [1.165, 1.54) is 6.07 Å². The molecule has 0 radical (unpaired) electrons. The Labute approximate surface area is 219 Å². The van der Waals surface area contributed by atoms with Crippen molar-refractivity contribution in [2.45, 2.75) is 33.1 Å². The summed E-state index contributed by atoms with van der Waals surface area (Å²) in [5.74, 6) is -0.479. The Morgan fingerprint density at radius 2 is 1.82 bits per heavy atom. The van der Waals surface area contributed by atoms with E-state index < -0.39 is 17.6 Å². The summed E-state index contributed by atoms with van der Waals surface area (Å²) in [6.07, 6.45) is -1.64. The van der Waals surface area contributed by atoms with Crippen LogP contribution in [0.4, 0.5) is 36.3 Å². The van der Waals surface area contributed by atoms with Gasteiger partial charge in [0.25, 0.3) is 0 Å². The molecule has 1 atom stereocenters. The first kappa shape index (κ1) is 29.0. The maximum absolute atomic E-state index is 13.7. The van der Waals surface area contributed by atoms with Crippen LogP contribution in [0, 0.1) is 6.92 Å². The number of aliphatic hydroxyl groups excluding tert-OH is 1. The fourth-order valence-electron chi connectivity index (χ4n) is 3.41. The molecular formula is C26H29F3N5O3P. The first-order chi connectivity index (χ1) is 18.2. The van der Waals surface area contributed by atoms with E-state index in [0.29, 0.717) is 32.2 Å². The van der Waals surface area contributed by atoms with Gasteiger partial charge in [-0.05, 0) is 50.6 Å². The smallest absolute Gasteiger partial charge is 0.397 e. The number of aromatic nitrogens is 3. The van der Waals surface area contributed by atoms with Crippen molar-refractivity contribution in [3.63, 3.8) is 0 Å². The van der Waals surface area contributed by atoms with E-state index in [0.717, 1.165) is 17.9 Å². The molecule has 0 saturated carbocycles. The molecule has 0 saturated heterocycles. The van der Waals surface area contributed by atoms with Gasteiger partial charge in [0.2, 0.25) is 5.95 Å². The van der Waals surface area contributed by atoms with E-state index in [1.807, 2.05) is 19.1 Å². The van der Waals surface area contributed by atoms with Crippen LogP contribution in [0.3, 0.4) is 0 Å². The van der Waals surface area contributed by atoms with E-state index >= 15 is 0 Å². The highest BCUT2D eigenvalue weighted by atomic mass is 31.1. The van der Waals surface area contributed by atoms with Crippen LogP contribution in [0.2, 0.25) is 0 Å². The van der Waals surface area contributed by atoms with Crippen molar-refractivity contribution < 1.29 is 22.8 Å². The topological polar surface area (TPSA) is 112 Å². The van der Waals surface area contributed by atoms with E-state index in [1.54, 1.807) is 44.3 Å². The van der Waals surface area contributed by atoms with Gasteiger partial charge in [0.1, 0.15) is 11.4 Å². The molecule has 4 aromatic rings. The molecular weight excluding hydrogens is 518 g/mol. The van der Waals surface area contributed by atoms with Gasteiger partial charge in [0, 0.05) is 51.8 Å². The highest BCUT2D eigenvalue weighted by Gasteiger charge is 2.35.